The summed E-state index contributed by atoms with van der Waals surface area (Å²) in [6.07, 6.45) is 1.94. The Bertz CT molecular complexity index is 579. The first-order valence-corrected chi connectivity index (χ1v) is 8.32. The molecule has 1 atom stereocenters. The summed E-state index contributed by atoms with van der Waals surface area (Å²) < 4.78 is 0. The van der Waals surface area contributed by atoms with Gasteiger partial charge in [0, 0.05) is 9.77 Å². The van der Waals surface area contributed by atoms with Crippen LogP contribution in [0.5, 0.6) is 0 Å². The molecular formula is C15H17NO2S2. The standard InChI is InChI=1S/C15H17NO2S2/c1-15(18,13-8-5-9-20-13)10-16-14(17)11-6-3-4-7-12(11)19-2/h3-9,18H,10H2,1-2H3,(H,16,17). The van der Waals surface area contributed by atoms with Gasteiger partial charge in [-0.3, -0.25) is 4.79 Å². The molecule has 0 fully saturated rings. The fourth-order valence-electron chi connectivity index (χ4n) is 1.85. The molecular weight excluding hydrogens is 290 g/mol. The fraction of sp³-hybridized carbons (Fsp3) is 0.267. The van der Waals surface area contributed by atoms with Crippen LogP contribution in [0.1, 0.15) is 22.2 Å². The first-order valence-electron chi connectivity index (χ1n) is 6.22. The largest absolute Gasteiger partial charge is 0.383 e. The smallest absolute Gasteiger partial charge is 0.252 e. The fourth-order valence-corrected chi connectivity index (χ4v) is 3.23. The lowest BCUT2D eigenvalue weighted by molar-refractivity contribution is 0.0556. The highest BCUT2D eigenvalue weighted by molar-refractivity contribution is 7.98. The molecule has 0 aliphatic rings. The molecule has 0 saturated carbocycles. The first kappa shape index (κ1) is 15.1. The maximum atomic E-state index is 12.2. The summed E-state index contributed by atoms with van der Waals surface area (Å²) in [5, 5.41) is 15.1. The molecule has 1 heterocycles. The Kier molecular flexibility index (Phi) is 4.86. The molecule has 106 valence electrons. The lowest BCUT2D eigenvalue weighted by Crippen LogP contribution is -2.38. The molecule has 0 aliphatic heterocycles. The van der Waals surface area contributed by atoms with E-state index in [0.717, 1.165) is 9.77 Å². The van der Waals surface area contributed by atoms with E-state index in [1.54, 1.807) is 13.0 Å². The van der Waals surface area contributed by atoms with Gasteiger partial charge >= 0.3 is 0 Å². The second-order valence-electron chi connectivity index (χ2n) is 4.63. The number of hydrogen-bond acceptors (Lipinski definition) is 4. The molecule has 0 radical (unpaired) electrons. The molecule has 5 heteroatoms. The van der Waals surface area contributed by atoms with Gasteiger partial charge in [0.05, 0.1) is 12.1 Å². The van der Waals surface area contributed by atoms with Gasteiger partial charge in [0.15, 0.2) is 0 Å². The maximum Gasteiger partial charge on any atom is 0.252 e. The summed E-state index contributed by atoms with van der Waals surface area (Å²) in [7, 11) is 0. The van der Waals surface area contributed by atoms with Crippen molar-refractivity contribution < 1.29 is 9.90 Å². The lowest BCUT2D eigenvalue weighted by Gasteiger charge is -2.22. The van der Waals surface area contributed by atoms with E-state index in [9.17, 15) is 9.90 Å². The van der Waals surface area contributed by atoms with E-state index in [0.29, 0.717) is 5.56 Å². The lowest BCUT2D eigenvalue weighted by atomic mass is 10.1. The molecule has 1 aromatic carbocycles. The van der Waals surface area contributed by atoms with Crippen LogP contribution in [0, 0.1) is 0 Å². The van der Waals surface area contributed by atoms with E-state index in [2.05, 4.69) is 5.32 Å². The zero-order chi connectivity index (χ0) is 14.6. The molecule has 1 unspecified atom stereocenters. The molecule has 3 nitrogen and oxygen atoms in total. The molecule has 0 bridgehead atoms. The Labute approximate surface area is 127 Å². The average molecular weight is 307 g/mol. The number of amides is 1. The van der Waals surface area contributed by atoms with Gasteiger partial charge in [-0.2, -0.15) is 0 Å². The Hall–Kier alpha value is -1.30. The average Bonchev–Trinajstić information content (AvgIpc) is 3.00. The van der Waals surface area contributed by atoms with Gasteiger partial charge in [-0.15, -0.1) is 23.1 Å². The van der Waals surface area contributed by atoms with Gasteiger partial charge in [-0.25, -0.2) is 0 Å². The van der Waals surface area contributed by atoms with Crippen molar-refractivity contribution >= 4 is 29.0 Å². The molecule has 20 heavy (non-hydrogen) atoms. The number of thiophene rings is 1. The predicted molar refractivity (Wildman–Crippen MR) is 84.4 cm³/mol. The van der Waals surface area contributed by atoms with Crippen LogP contribution in [-0.4, -0.2) is 23.8 Å². The summed E-state index contributed by atoms with van der Waals surface area (Å²) >= 11 is 3.01. The number of benzene rings is 1. The van der Waals surface area contributed by atoms with Gasteiger partial charge < -0.3 is 10.4 Å². The molecule has 0 aliphatic carbocycles. The van der Waals surface area contributed by atoms with Crippen LogP contribution in [-0.2, 0) is 5.60 Å². The summed E-state index contributed by atoms with van der Waals surface area (Å²) in [5.74, 6) is -0.160. The van der Waals surface area contributed by atoms with E-state index in [1.807, 2.05) is 42.0 Å². The van der Waals surface area contributed by atoms with E-state index in [-0.39, 0.29) is 12.5 Å². The second kappa shape index (κ2) is 6.43. The zero-order valence-corrected chi connectivity index (χ0v) is 13.1. The topological polar surface area (TPSA) is 49.3 Å². The van der Waals surface area contributed by atoms with E-state index in [1.165, 1.54) is 23.1 Å². The van der Waals surface area contributed by atoms with E-state index < -0.39 is 5.60 Å². The highest BCUT2D eigenvalue weighted by atomic mass is 32.2. The number of hydrogen-bond donors (Lipinski definition) is 2. The van der Waals surface area contributed by atoms with E-state index >= 15 is 0 Å². The summed E-state index contributed by atoms with van der Waals surface area (Å²) in [6.45, 7) is 1.90. The summed E-state index contributed by atoms with van der Waals surface area (Å²) in [5.41, 5.74) is -0.403. The number of rotatable bonds is 5. The second-order valence-corrected chi connectivity index (χ2v) is 6.43. The van der Waals surface area contributed by atoms with Crippen molar-refractivity contribution in [3.63, 3.8) is 0 Å². The molecule has 1 amide bonds. The Morgan fingerprint density at radius 2 is 2.10 bits per heavy atom. The predicted octanol–water partition coefficient (Wildman–Crippen LogP) is 3.11. The highest BCUT2D eigenvalue weighted by Crippen LogP contribution is 2.25. The van der Waals surface area contributed by atoms with Crippen LogP contribution in [0.2, 0.25) is 0 Å². The third-order valence-electron chi connectivity index (χ3n) is 3.00. The molecule has 2 N–H and O–H groups in total. The zero-order valence-electron chi connectivity index (χ0n) is 11.4. The van der Waals surface area contributed by atoms with Crippen LogP contribution < -0.4 is 5.32 Å². The summed E-state index contributed by atoms with van der Waals surface area (Å²) in [4.78, 5) is 14.0. The van der Waals surface area contributed by atoms with Crippen molar-refractivity contribution in [3.05, 3.63) is 52.2 Å². The maximum absolute atomic E-state index is 12.2. The van der Waals surface area contributed by atoms with Crippen LogP contribution in [0.25, 0.3) is 0 Å². The SMILES string of the molecule is CSc1ccccc1C(=O)NCC(C)(O)c1cccs1. The normalized spacial score (nSPS) is 13.8. The number of thioether (sulfide) groups is 1. The number of nitrogens with one attached hydrogen (secondary N) is 1. The number of aliphatic hydroxyl groups is 1. The van der Waals surface area contributed by atoms with Gasteiger partial charge in [0.1, 0.15) is 5.60 Å². The minimum atomic E-state index is -1.04. The molecule has 0 saturated heterocycles. The quantitative estimate of drug-likeness (QED) is 0.835. The van der Waals surface area contributed by atoms with Crippen molar-refractivity contribution in [3.8, 4) is 0 Å². The van der Waals surface area contributed by atoms with Crippen molar-refractivity contribution in [1.29, 1.82) is 0 Å². The van der Waals surface area contributed by atoms with Gasteiger partial charge in [-0.05, 0) is 36.8 Å². The third kappa shape index (κ3) is 3.42. The molecule has 0 spiro atoms. The number of carbonyl (C=O) groups is 1. The molecule has 1 aromatic heterocycles. The summed E-state index contributed by atoms with van der Waals surface area (Å²) in [6, 6.07) is 11.2. The molecule has 2 aromatic rings. The first-order chi connectivity index (χ1) is 9.54. The number of carbonyl (C=O) groups excluding carboxylic acids is 1. The van der Waals surface area contributed by atoms with Gasteiger partial charge in [0.2, 0.25) is 0 Å². The highest BCUT2D eigenvalue weighted by Gasteiger charge is 2.25. The minimum Gasteiger partial charge on any atom is -0.383 e. The van der Waals surface area contributed by atoms with Crippen molar-refractivity contribution in [2.24, 2.45) is 0 Å². The van der Waals surface area contributed by atoms with Crippen LogP contribution in [0.4, 0.5) is 0 Å². The monoisotopic (exact) mass is 307 g/mol. The van der Waals surface area contributed by atoms with Crippen LogP contribution in [0.15, 0.2) is 46.7 Å². The van der Waals surface area contributed by atoms with Gasteiger partial charge in [-0.1, -0.05) is 18.2 Å². The van der Waals surface area contributed by atoms with Crippen LogP contribution >= 0.6 is 23.1 Å². The Balaban J connectivity index is 2.06. The van der Waals surface area contributed by atoms with Gasteiger partial charge in [0.25, 0.3) is 5.91 Å². The third-order valence-corrected chi connectivity index (χ3v) is 4.92. The van der Waals surface area contributed by atoms with Crippen molar-refractivity contribution in [1.82, 2.24) is 5.32 Å². The minimum absolute atomic E-state index is 0.160. The molecule has 2 rings (SSSR count). The van der Waals surface area contributed by atoms with Crippen LogP contribution in [0.3, 0.4) is 0 Å². The Morgan fingerprint density at radius 1 is 1.35 bits per heavy atom. The Morgan fingerprint density at radius 3 is 2.75 bits per heavy atom. The van der Waals surface area contributed by atoms with Crippen molar-refractivity contribution in [2.45, 2.75) is 17.4 Å². The van der Waals surface area contributed by atoms with Crippen molar-refractivity contribution in [2.75, 3.05) is 12.8 Å². The van der Waals surface area contributed by atoms with E-state index in [4.69, 9.17) is 0 Å².